The molecule has 0 aromatic carbocycles. The Hall–Kier alpha value is -0.390. The standard InChI is InChI=1S/C9H12IN3/c1-7-3-2-4-13(7)9-8(10)5-11-6-12-9/h5-7H,2-4H2,1H3/t7-/m1/s1. The number of hydrogen-bond donors (Lipinski definition) is 0. The largest absolute Gasteiger partial charge is 0.353 e. The average Bonchev–Trinajstić information content (AvgIpc) is 2.52. The first kappa shape index (κ1) is 9.18. The molecule has 3 nitrogen and oxygen atoms in total. The number of halogens is 1. The van der Waals surface area contributed by atoms with Crippen molar-refractivity contribution in [3.63, 3.8) is 0 Å². The van der Waals surface area contributed by atoms with Crippen LogP contribution in [0.2, 0.25) is 0 Å². The summed E-state index contributed by atoms with van der Waals surface area (Å²) in [6.07, 6.45) is 6.05. The van der Waals surface area contributed by atoms with Crippen molar-refractivity contribution in [2.75, 3.05) is 11.4 Å². The SMILES string of the molecule is C[C@@H]1CCCN1c1ncncc1I. The minimum atomic E-state index is 0.628. The van der Waals surface area contributed by atoms with Crippen molar-refractivity contribution in [2.24, 2.45) is 0 Å². The molecular weight excluding hydrogens is 277 g/mol. The highest BCUT2D eigenvalue weighted by Gasteiger charge is 2.22. The van der Waals surface area contributed by atoms with Crippen molar-refractivity contribution in [1.82, 2.24) is 9.97 Å². The van der Waals surface area contributed by atoms with Gasteiger partial charge in [-0.1, -0.05) is 0 Å². The Balaban J connectivity index is 2.29. The fourth-order valence-corrected chi connectivity index (χ4v) is 2.38. The van der Waals surface area contributed by atoms with Gasteiger partial charge in [0.25, 0.3) is 0 Å². The van der Waals surface area contributed by atoms with Gasteiger partial charge in [-0.25, -0.2) is 9.97 Å². The van der Waals surface area contributed by atoms with Crippen LogP contribution in [-0.2, 0) is 0 Å². The van der Waals surface area contributed by atoms with Crippen molar-refractivity contribution in [1.29, 1.82) is 0 Å². The van der Waals surface area contributed by atoms with E-state index >= 15 is 0 Å². The summed E-state index contributed by atoms with van der Waals surface area (Å²) in [5, 5.41) is 0. The molecule has 0 spiro atoms. The van der Waals surface area contributed by atoms with Gasteiger partial charge in [-0.2, -0.15) is 0 Å². The second-order valence-corrected chi connectivity index (χ2v) is 4.54. The molecule has 1 fully saturated rings. The summed E-state index contributed by atoms with van der Waals surface area (Å²) in [5.41, 5.74) is 0. The number of rotatable bonds is 1. The maximum absolute atomic E-state index is 4.32. The first-order valence-corrected chi connectivity index (χ1v) is 5.59. The highest BCUT2D eigenvalue weighted by molar-refractivity contribution is 14.1. The Labute approximate surface area is 91.7 Å². The molecular formula is C9H12IN3. The van der Waals surface area contributed by atoms with Gasteiger partial charge in [-0.3, -0.25) is 0 Å². The fraction of sp³-hybridized carbons (Fsp3) is 0.556. The highest BCUT2D eigenvalue weighted by atomic mass is 127. The van der Waals surface area contributed by atoms with E-state index in [2.05, 4.69) is 44.4 Å². The molecule has 1 saturated heterocycles. The predicted molar refractivity (Wildman–Crippen MR) is 60.8 cm³/mol. The number of aromatic nitrogens is 2. The smallest absolute Gasteiger partial charge is 0.145 e. The maximum Gasteiger partial charge on any atom is 0.145 e. The molecule has 2 rings (SSSR count). The molecule has 13 heavy (non-hydrogen) atoms. The minimum Gasteiger partial charge on any atom is -0.353 e. The minimum absolute atomic E-state index is 0.628. The molecule has 0 radical (unpaired) electrons. The fourth-order valence-electron chi connectivity index (χ4n) is 1.77. The predicted octanol–water partition coefficient (Wildman–Crippen LogP) is 2.07. The van der Waals surface area contributed by atoms with Crippen LogP contribution in [0, 0.1) is 3.57 Å². The van der Waals surface area contributed by atoms with Gasteiger partial charge in [0, 0.05) is 18.8 Å². The van der Waals surface area contributed by atoms with E-state index in [1.807, 2.05) is 6.20 Å². The topological polar surface area (TPSA) is 29.0 Å². The Morgan fingerprint density at radius 3 is 3.08 bits per heavy atom. The van der Waals surface area contributed by atoms with Crippen molar-refractivity contribution in [3.8, 4) is 0 Å². The van der Waals surface area contributed by atoms with Crippen LogP contribution in [0.4, 0.5) is 5.82 Å². The van der Waals surface area contributed by atoms with E-state index in [0.29, 0.717) is 6.04 Å². The zero-order valence-corrected chi connectivity index (χ0v) is 9.73. The zero-order chi connectivity index (χ0) is 9.26. The lowest BCUT2D eigenvalue weighted by molar-refractivity contribution is 0.724. The van der Waals surface area contributed by atoms with Crippen LogP contribution >= 0.6 is 22.6 Å². The van der Waals surface area contributed by atoms with E-state index in [9.17, 15) is 0 Å². The summed E-state index contributed by atoms with van der Waals surface area (Å²) in [4.78, 5) is 10.7. The molecule has 1 aromatic heterocycles. The van der Waals surface area contributed by atoms with Crippen LogP contribution in [0.5, 0.6) is 0 Å². The molecule has 0 N–H and O–H groups in total. The normalized spacial score (nSPS) is 22.3. The summed E-state index contributed by atoms with van der Waals surface area (Å²) < 4.78 is 1.15. The molecule has 0 saturated carbocycles. The van der Waals surface area contributed by atoms with Gasteiger partial charge >= 0.3 is 0 Å². The van der Waals surface area contributed by atoms with Gasteiger partial charge in [-0.05, 0) is 42.4 Å². The van der Waals surface area contributed by atoms with Crippen LogP contribution in [0.25, 0.3) is 0 Å². The van der Waals surface area contributed by atoms with Crippen molar-refractivity contribution in [2.45, 2.75) is 25.8 Å². The van der Waals surface area contributed by atoms with Gasteiger partial charge in [0.05, 0.1) is 3.57 Å². The number of anilines is 1. The molecule has 1 aliphatic rings. The zero-order valence-electron chi connectivity index (χ0n) is 7.57. The van der Waals surface area contributed by atoms with Crippen LogP contribution in [0.15, 0.2) is 12.5 Å². The van der Waals surface area contributed by atoms with Crippen molar-refractivity contribution >= 4 is 28.4 Å². The highest BCUT2D eigenvalue weighted by Crippen LogP contribution is 2.26. The maximum atomic E-state index is 4.32. The molecule has 0 bridgehead atoms. The molecule has 1 aromatic rings. The monoisotopic (exact) mass is 289 g/mol. The van der Waals surface area contributed by atoms with E-state index in [4.69, 9.17) is 0 Å². The molecule has 4 heteroatoms. The molecule has 70 valence electrons. The molecule has 0 unspecified atom stereocenters. The second kappa shape index (κ2) is 3.77. The van der Waals surface area contributed by atoms with Crippen molar-refractivity contribution in [3.05, 3.63) is 16.1 Å². The lowest BCUT2D eigenvalue weighted by atomic mass is 10.2. The number of hydrogen-bond acceptors (Lipinski definition) is 3. The Bertz CT molecular complexity index is 303. The summed E-state index contributed by atoms with van der Waals surface area (Å²) in [5.74, 6) is 1.10. The third-order valence-corrected chi connectivity index (χ3v) is 3.23. The molecule has 1 atom stereocenters. The summed E-state index contributed by atoms with van der Waals surface area (Å²) in [7, 11) is 0. The van der Waals surface area contributed by atoms with Gasteiger partial charge < -0.3 is 4.90 Å². The van der Waals surface area contributed by atoms with E-state index in [0.717, 1.165) is 15.9 Å². The summed E-state index contributed by atoms with van der Waals surface area (Å²) in [6, 6.07) is 0.628. The van der Waals surface area contributed by atoms with Crippen LogP contribution in [-0.4, -0.2) is 22.6 Å². The third-order valence-electron chi connectivity index (χ3n) is 2.47. The first-order chi connectivity index (χ1) is 6.29. The second-order valence-electron chi connectivity index (χ2n) is 3.38. The third kappa shape index (κ3) is 1.77. The first-order valence-electron chi connectivity index (χ1n) is 4.51. The van der Waals surface area contributed by atoms with E-state index in [1.165, 1.54) is 12.8 Å². The van der Waals surface area contributed by atoms with Crippen LogP contribution in [0.3, 0.4) is 0 Å². The summed E-state index contributed by atoms with van der Waals surface area (Å²) in [6.45, 7) is 3.39. The Morgan fingerprint density at radius 1 is 1.62 bits per heavy atom. The molecule has 1 aliphatic heterocycles. The van der Waals surface area contributed by atoms with Gasteiger partial charge in [-0.15, -0.1) is 0 Å². The van der Waals surface area contributed by atoms with Crippen LogP contribution in [0.1, 0.15) is 19.8 Å². The van der Waals surface area contributed by atoms with Crippen LogP contribution < -0.4 is 4.90 Å². The molecule has 0 amide bonds. The summed E-state index contributed by atoms with van der Waals surface area (Å²) >= 11 is 2.29. The van der Waals surface area contributed by atoms with Gasteiger partial charge in [0.15, 0.2) is 0 Å². The van der Waals surface area contributed by atoms with E-state index in [1.54, 1.807) is 6.33 Å². The lowest BCUT2D eigenvalue weighted by Gasteiger charge is -2.22. The van der Waals surface area contributed by atoms with Gasteiger partial charge in [0.1, 0.15) is 12.1 Å². The lowest BCUT2D eigenvalue weighted by Crippen LogP contribution is -2.28. The van der Waals surface area contributed by atoms with Gasteiger partial charge in [0.2, 0.25) is 0 Å². The molecule has 2 heterocycles. The molecule has 0 aliphatic carbocycles. The number of nitrogens with zero attached hydrogens (tertiary/aromatic N) is 3. The van der Waals surface area contributed by atoms with E-state index < -0.39 is 0 Å². The van der Waals surface area contributed by atoms with E-state index in [-0.39, 0.29) is 0 Å². The Morgan fingerprint density at radius 2 is 2.46 bits per heavy atom. The average molecular weight is 289 g/mol. The van der Waals surface area contributed by atoms with Crippen molar-refractivity contribution < 1.29 is 0 Å². The Kier molecular flexibility index (Phi) is 2.66. The quantitative estimate of drug-likeness (QED) is 0.741.